The van der Waals surface area contributed by atoms with Gasteiger partial charge in [0.25, 0.3) is 0 Å². The van der Waals surface area contributed by atoms with Crippen LogP contribution in [0.3, 0.4) is 0 Å². The van der Waals surface area contributed by atoms with Gasteiger partial charge in [0.05, 0.1) is 11.4 Å². The van der Waals surface area contributed by atoms with E-state index in [0.29, 0.717) is 16.2 Å². The van der Waals surface area contributed by atoms with Crippen LogP contribution in [0.1, 0.15) is 22.5 Å². The zero-order valence-electron chi connectivity index (χ0n) is 12.6. The molecule has 1 amide bonds. The summed E-state index contributed by atoms with van der Waals surface area (Å²) in [4.78, 5) is 15.3. The van der Waals surface area contributed by atoms with E-state index in [0.717, 1.165) is 17.0 Å². The maximum Gasteiger partial charge on any atom is 0.471 e. The molecule has 1 aromatic carbocycles. The van der Waals surface area contributed by atoms with E-state index in [9.17, 15) is 18.0 Å². The van der Waals surface area contributed by atoms with E-state index in [-0.39, 0.29) is 5.69 Å². The minimum absolute atomic E-state index is 0.0555. The van der Waals surface area contributed by atoms with Crippen LogP contribution in [0.15, 0.2) is 36.4 Å². The Morgan fingerprint density at radius 3 is 2.00 bits per heavy atom. The summed E-state index contributed by atoms with van der Waals surface area (Å²) in [7, 11) is 0. The van der Waals surface area contributed by atoms with Crippen LogP contribution in [0.2, 0.25) is 0 Å². The first-order valence-electron chi connectivity index (χ1n) is 6.94. The van der Waals surface area contributed by atoms with Gasteiger partial charge < -0.3 is 5.32 Å². The summed E-state index contributed by atoms with van der Waals surface area (Å²) in [5, 5.41) is 3.00. The van der Waals surface area contributed by atoms with E-state index in [1.807, 2.05) is 12.1 Å². The van der Waals surface area contributed by atoms with Gasteiger partial charge in [-0.2, -0.15) is 13.2 Å². The second kappa shape index (κ2) is 8.50. The SMILES string of the molecule is O=C(Nc1ccc(C#Cc2cc(CBr)nc(CBr)c2)cc1)C(F)(F)F. The maximum atomic E-state index is 12.2. The van der Waals surface area contributed by atoms with Gasteiger partial charge >= 0.3 is 12.1 Å². The second-order valence-corrected chi connectivity index (χ2v) is 6.01. The number of halogens is 5. The summed E-state index contributed by atoms with van der Waals surface area (Å²) in [6.45, 7) is 0. The Morgan fingerprint density at radius 1 is 1.00 bits per heavy atom. The van der Waals surface area contributed by atoms with Crippen molar-refractivity contribution in [1.29, 1.82) is 0 Å². The molecule has 2 rings (SSSR count). The summed E-state index contributed by atoms with van der Waals surface area (Å²) in [6.07, 6.45) is -4.92. The maximum absolute atomic E-state index is 12.2. The van der Waals surface area contributed by atoms with Crippen molar-refractivity contribution in [2.24, 2.45) is 0 Å². The van der Waals surface area contributed by atoms with E-state index in [1.54, 1.807) is 5.32 Å². The van der Waals surface area contributed by atoms with Gasteiger partial charge in [0.15, 0.2) is 0 Å². The molecule has 2 aromatic rings. The predicted molar refractivity (Wildman–Crippen MR) is 96.6 cm³/mol. The van der Waals surface area contributed by atoms with Gasteiger partial charge in [-0.25, -0.2) is 0 Å². The van der Waals surface area contributed by atoms with Crippen molar-refractivity contribution in [3.63, 3.8) is 0 Å². The van der Waals surface area contributed by atoms with Crippen LogP contribution in [-0.2, 0) is 15.5 Å². The highest BCUT2D eigenvalue weighted by Gasteiger charge is 2.38. The molecule has 0 saturated carbocycles. The number of hydrogen-bond donors (Lipinski definition) is 1. The van der Waals surface area contributed by atoms with Crippen LogP contribution < -0.4 is 5.32 Å². The molecule has 0 fully saturated rings. The number of amides is 1. The molecule has 1 N–H and O–H groups in total. The standard InChI is InChI=1S/C17H11Br2F3N2O/c18-9-14-7-12(8-15(10-19)23-14)2-1-11-3-5-13(6-4-11)24-16(25)17(20,21)22/h3-8H,9-10H2,(H,24,25). The van der Waals surface area contributed by atoms with Gasteiger partial charge in [-0.1, -0.05) is 43.7 Å². The largest absolute Gasteiger partial charge is 0.471 e. The van der Waals surface area contributed by atoms with Crippen molar-refractivity contribution >= 4 is 43.5 Å². The number of nitrogens with one attached hydrogen (secondary N) is 1. The summed E-state index contributed by atoms with van der Waals surface area (Å²) < 4.78 is 36.6. The first kappa shape index (κ1) is 19.5. The van der Waals surface area contributed by atoms with Crippen LogP contribution in [-0.4, -0.2) is 17.1 Å². The van der Waals surface area contributed by atoms with Crippen molar-refractivity contribution in [3.05, 3.63) is 58.9 Å². The lowest BCUT2D eigenvalue weighted by Crippen LogP contribution is -2.29. The lowest BCUT2D eigenvalue weighted by molar-refractivity contribution is -0.167. The van der Waals surface area contributed by atoms with Crippen molar-refractivity contribution in [1.82, 2.24) is 4.98 Å². The molecule has 0 unspecified atom stereocenters. The molecule has 0 aliphatic rings. The Kier molecular flexibility index (Phi) is 6.62. The van der Waals surface area contributed by atoms with E-state index < -0.39 is 12.1 Å². The quantitative estimate of drug-likeness (QED) is 0.513. The lowest BCUT2D eigenvalue weighted by atomic mass is 10.1. The molecule has 0 bridgehead atoms. The number of aromatic nitrogens is 1. The van der Waals surface area contributed by atoms with Crippen LogP contribution in [0.25, 0.3) is 0 Å². The second-order valence-electron chi connectivity index (χ2n) is 4.88. The zero-order valence-corrected chi connectivity index (χ0v) is 15.8. The minimum atomic E-state index is -4.92. The summed E-state index contributed by atoms with van der Waals surface area (Å²) >= 11 is 6.70. The molecule has 0 spiro atoms. The molecule has 0 aliphatic carbocycles. The summed E-state index contributed by atoms with van der Waals surface area (Å²) in [5.41, 5.74) is 3.16. The highest BCUT2D eigenvalue weighted by atomic mass is 79.9. The van der Waals surface area contributed by atoms with Gasteiger partial charge in [0, 0.05) is 27.5 Å². The third-order valence-corrected chi connectivity index (χ3v) is 4.11. The average molecular weight is 476 g/mol. The summed E-state index contributed by atoms with van der Waals surface area (Å²) in [5.74, 6) is 3.92. The van der Waals surface area contributed by atoms with Gasteiger partial charge in [-0.3, -0.25) is 9.78 Å². The zero-order chi connectivity index (χ0) is 18.4. The van der Waals surface area contributed by atoms with Gasteiger partial charge in [0.1, 0.15) is 0 Å². The van der Waals surface area contributed by atoms with Gasteiger partial charge in [-0.15, -0.1) is 0 Å². The fourth-order valence-electron chi connectivity index (χ4n) is 1.84. The molecule has 0 atom stereocenters. The first-order chi connectivity index (χ1) is 11.8. The molecule has 8 heteroatoms. The van der Waals surface area contributed by atoms with Crippen LogP contribution in [0, 0.1) is 11.8 Å². The number of nitrogens with zero attached hydrogens (tertiary/aromatic N) is 1. The van der Waals surface area contributed by atoms with Gasteiger partial charge in [0.2, 0.25) is 0 Å². The average Bonchev–Trinajstić information content (AvgIpc) is 2.60. The Morgan fingerprint density at radius 2 is 1.52 bits per heavy atom. The number of carbonyl (C=O) groups is 1. The Hall–Kier alpha value is -1.85. The number of alkyl halides is 5. The smallest absolute Gasteiger partial charge is 0.318 e. The molecule has 130 valence electrons. The Balaban J connectivity index is 2.15. The van der Waals surface area contributed by atoms with Crippen molar-refractivity contribution in [2.45, 2.75) is 16.8 Å². The van der Waals surface area contributed by atoms with Gasteiger partial charge in [-0.05, 0) is 36.4 Å². The monoisotopic (exact) mass is 474 g/mol. The van der Waals surface area contributed by atoms with E-state index >= 15 is 0 Å². The molecule has 0 radical (unpaired) electrons. The molecule has 3 nitrogen and oxygen atoms in total. The first-order valence-corrected chi connectivity index (χ1v) is 9.18. The van der Waals surface area contributed by atoms with E-state index in [2.05, 4.69) is 48.7 Å². The minimum Gasteiger partial charge on any atom is -0.318 e. The molecule has 1 aromatic heterocycles. The summed E-state index contributed by atoms with van der Waals surface area (Å²) in [6, 6.07) is 9.52. The number of rotatable bonds is 3. The molecular weight excluding hydrogens is 465 g/mol. The Labute approximate surface area is 159 Å². The molecular formula is C17H11Br2F3N2O. The molecule has 0 saturated heterocycles. The highest BCUT2D eigenvalue weighted by molar-refractivity contribution is 9.08. The van der Waals surface area contributed by atoms with E-state index in [1.165, 1.54) is 24.3 Å². The third-order valence-electron chi connectivity index (χ3n) is 2.96. The van der Waals surface area contributed by atoms with Crippen LogP contribution in [0.5, 0.6) is 0 Å². The molecule has 1 heterocycles. The van der Waals surface area contributed by atoms with E-state index in [4.69, 9.17) is 0 Å². The number of pyridine rings is 1. The topological polar surface area (TPSA) is 42.0 Å². The lowest BCUT2D eigenvalue weighted by Gasteiger charge is -2.07. The number of carbonyl (C=O) groups excluding carboxylic acids is 1. The van der Waals surface area contributed by atoms with Crippen molar-refractivity contribution < 1.29 is 18.0 Å². The molecule has 0 aliphatic heterocycles. The fraction of sp³-hybridized carbons (Fsp3) is 0.176. The third kappa shape index (κ3) is 5.87. The number of benzene rings is 1. The Bertz CT molecular complexity index is 802. The van der Waals surface area contributed by atoms with Crippen LogP contribution in [0.4, 0.5) is 18.9 Å². The van der Waals surface area contributed by atoms with Crippen molar-refractivity contribution in [2.75, 3.05) is 5.32 Å². The predicted octanol–water partition coefficient (Wildman–Crippen LogP) is 4.77. The number of anilines is 1. The van der Waals surface area contributed by atoms with Crippen LogP contribution >= 0.6 is 31.9 Å². The van der Waals surface area contributed by atoms with Crippen molar-refractivity contribution in [3.8, 4) is 11.8 Å². The fourth-order valence-corrected chi connectivity index (χ4v) is 2.42. The molecule has 25 heavy (non-hydrogen) atoms. The highest BCUT2D eigenvalue weighted by Crippen LogP contribution is 2.18. The number of hydrogen-bond acceptors (Lipinski definition) is 2. The normalized spacial score (nSPS) is 10.8.